The van der Waals surface area contributed by atoms with E-state index in [0.717, 1.165) is 5.56 Å². The number of halogens is 1. The summed E-state index contributed by atoms with van der Waals surface area (Å²) < 4.78 is 4.91. The molecule has 0 aliphatic carbocycles. The van der Waals surface area contributed by atoms with Crippen LogP contribution in [0, 0.1) is 6.92 Å². The van der Waals surface area contributed by atoms with Crippen molar-refractivity contribution >= 4 is 29.2 Å². The third kappa shape index (κ3) is 5.18. The first-order valence-corrected chi connectivity index (χ1v) is 8.76. The van der Waals surface area contributed by atoms with Crippen LogP contribution in [0.4, 0.5) is 5.82 Å². The van der Waals surface area contributed by atoms with E-state index in [1.165, 1.54) is 6.07 Å². The minimum Gasteiger partial charge on any atom is -0.360 e. The lowest BCUT2D eigenvalue weighted by Gasteiger charge is -2.07. The highest BCUT2D eigenvalue weighted by molar-refractivity contribution is 6.30. The van der Waals surface area contributed by atoms with Gasteiger partial charge in [-0.15, -0.1) is 0 Å². The van der Waals surface area contributed by atoms with Crippen molar-refractivity contribution in [2.24, 2.45) is 0 Å². The van der Waals surface area contributed by atoms with Crippen molar-refractivity contribution in [2.45, 2.75) is 13.3 Å². The van der Waals surface area contributed by atoms with Gasteiger partial charge in [0, 0.05) is 28.8 Å². The van der Waals surface area contributed by atoms with Gasteiger partial charge in [-0.05, 0) is 49.2 Å². The minimum atomic E-state index is -0.364. The van der Waals surface area contributed by atoms with Crippen LogP contribution in [0.3, 0.4) is 0 Å². The number of carbonyl (C=O) groups is 2. The average molecular weight is 384 g/mol. The number of nitrogens with zero attached hydrogens (tertiary/aromatic N) is 1. The highest BCUT2D eigenvalue weighted by Crippen LogP contribution is 2.12. The summed E-state index contributed by atoms with van der Waals surface area (Å²) in [7, 11) is 0. The van der Waals surface area contributed by atoms with Crippen LogP contribution < -0.4 is 10.6 Å². The molecule has 27 heavy (non-hydrogen) atoms. The maximum Gasteiger partial charge on any atom is 0.256 e. The maximum absolute atomic E-state index is 12.3. The second-order valence-corrected chi connectivity index (χ2v) is 6.43. The van der Waals surface area contributed by atoms with Crippen LogP contribution in [-0.4, -0.2) is 23.5 Å². The van der Waals surface area contributed by atoms with E-state index in [-0.39, 0.29) is 11.8 Å². The fraction of sp³-hybridized carbons (Fsp3) is 0.150. The Kier molecular flexibility index (Phi) is 5.88. The number of aromatic nitrogens is 1. The van der Waals surface area contributed by atoms with E-state index in [0.29, 0.717) is 40.7 Å². The largest absolute Gasteiger partial charge is 0.360 e. The standard InChI is InChI=1S/C20H18ClN3O3/c1-13-10-18(24-27-13)23-20(26)16-6-3-5-15(12-16)19(25)22-9-8-14-4-2-7-17(21)11-14/h2-7,10-12H,8-9H2,1H3,(H,22,25)(H,23,24,26). The van der Waals surface area contributed by atoms with Crippen molar-refractivity contribution in [1.29, 1.82) is 0 Å². The van der Waals surface area contributed by atoms with E-state index < -0.39 is 0 Å². The highest BCUT2D eigenvalue weighted by atomic mass is 35.5. The van der Waals surface area contributed by atoms with Gasteiger partial charge in [0.1, 0.15) is 5.76 Å². The van der Waals surface area contributed by atoms with Crippen molar-refractivity contribution in [1.82, 2.24) is 10.5 Å². The molecule has 0 unspecified atom stereocenters. The molecule has 0 aliphatic rings. The van der Waals surface area contributed by atoms with Crippen LogP contribution in [0.5, 0.6) is 0 Å². The molecule has 3 rings (SSSR count). The van der Waals surface area contributed by atoms with Crippen molar-refractivity contribution in [2.75, 3.05) is 11.9 Å². The molecule has 1 aromatic heterocycles. The molecule has 2 N–H and O–H groups in total. The highest BCUT2D eigenvalue weighted by Gasteiger charge is 2.12. The van der Waals surface area contributed by atoms with Crippen LogP contribution in [0.1, 0.15) is 32.0 Å². The molecule has 0 radical (unpaired) electrons. The first kappa shape index (κ1) is 18.7. The second-order valence-electron chi connectivity index (χ2n) is 5.99. The fourth-order valence-electron chi connectivity index (χ4n) is 2.53. The lowest BCUT2D eigenvalue weighted by Crippen LogP contribution is -2.26. The van der Waals surface area contributed by atoms with E-state index in [1.807, 2.05) is 18.2 Å². The van der Waals surface area contributed by atoms with Gasteiger partial charge in [-0.3, -0.25) is 9.59 Å². The Morgan fingerprint density at radius 1 is 1.04 bits per heavy atom. The van der Waals surface area contributed by atoms with Crippen LogP contribution in [0.15, 0.2) is 59.1 Å². The van der Waals surface area contributed by atoms with E-state index in [4.69, 9.17) is 16.1 Å². The summed E-state index contributed by atoms with van der Waals surface area (Å²) in [5.41, 5.74) is 1.81. The normalized spacial score (nSPS) is 10.4. The SMILES string of the molecule is Cc1cc(NC(=O)c2cccc(C(=O)NCCc3cccc(Cl)c3)c2)no1. The zero-order valence-electron chi connectivity index (χ0n) is 14.7. The number of anilines is 1. The van der Waals surface area contributed by atoms with E-state index in [1.54, 1.807) is 37.3 Å². The van der Waals surface area contributed by atoms with E-state index in [2.05, 4.69) is 15.8 Å². The van der Waals surface area contributed by atoms with Crippen LogP contribution >= 0.6 is 11.6 Å². The predicted octanol–water partition coefficient (Wildman–Crippen LogP) is 3.86. The molecule has 1 heterocycles. The number of amides is 2. The summed E-state index contributed by atoms with van der Waals surface area (Å²) in [6.07, 6.45) is 0.665. The zero-order valence-corrected chi connectivity index (χ0v) is 15.4. The molecule has 2 aromatic carbocycles. The van der Waals surface area contributed by atoms with Gasteiger partial charge in [0.25, 0.3) is 11.8 Å². The number of hydrogen-bond acceptors (Lipinski definition) is 4. The third-order valence-electron chi connectivity index (χ3n) is 3.84. The number of carbonyl (C=O) groups excluding carboxylic acids is 2. The summed E-state index contributed by atoms with van der Waals surface area (Å²) in [4.78, 5) is 24.6. The van der Waals surface area contributed by atoms with E-state index in [9.17, 15) is 9.59 Å². The molecule has 0 fully saturated rings. The summed E-state index contributed by atoms with van der Waals surface area (Å²) >= 11 is 5.95. The fourth-order valence-corrected chi connectivity index (χ4v) is 2.74. The lowest BCUT2D eigenvalue weighted by atomic mass is 10.1. The van der Waals surface area contributed by atoms with Gasteiger partial charge in [0.2, 0.25) is 0 Å². The molecule has 0 saturated carbocycles. The Morgan fingerprint density at radius 2 is 1.78 bits per heavy atom. The second kappa shape index (κ2) is 8.51. The third-order valence-corrected chi connectivity index (χ3v) is 4.08. The van der Waals surface area contributed by atoms with Crippen LogP contribution in [-0.2, 0) is 6.42 Å². The molecule has 7 heteroatoms. The van der Waals surface area contributed by atoms with Crippen molar-refractivity contribution in [3.8, 4) is 0 Å². The van der Waals surface area contributed by atoms with Gasteiger partial charge in [-0.2, -0.15) is 0 Å². The molecule has 0 bridgehead atoms. The molecule has 6 nitrogen and oxygen atoms in total. The number of benzene rings is 2. The quantitative estimate of drug-likeness (QED) is 0.676. The van der Waals surface area contributed by atoms with E-state index >= 15 is 0 Å². The Balaban J connectivity index is 1.58. The first-order chi connectivity index (χ1) is 13.0. The molecule has 0 aliphatic heterocycles. The molecule has 138 valence electrons. The Labute approximate surface area is 161 Å². The summed E-state index contributed by atoms with van der Waals surface area (Å²) in [6.45, 7) is 2.20. The summed E-state index contributed by atoms with van der Waals surface area (Å²) in [6, 6.07) is 15.6. The molecule has 0 saturated heterocycles. The van der Waals surface area contributed by atoms with Crippen molar-refractivity contribution in [3.05, 3.63) is 82.1 Å². The van der Waals surface area contributed by atoms with Gasteiger partial charge >= 0.3 is 0 Å². The summed E-state index contributed by atoms with van der Waals surface area (Å²) in [5.74, 6) is 0.313. The number of nitrogens with one attached hydrogen (secondary N) is 2. The van der Waals surface area contributed by atoms with Gasteiger partial charge in [-0.1, -0.05) is 35.0 Å². The lowest BCUT2D eigenvalue weighted by molar-refractivity contribution is 0.0954. The molecular formula is C20H18ClN3O3. The smallest absolute Gasteiger partial charge is 0.256 e. The molecule has 3 aromatic rings. The Morgan fingerprint density at radius 3 is 2.48 bits per heavy atom. The molecule has 0 spiro atoms. The monoisotopic (exact) mass is 383 g/mol. The van der Waals surface area contributed by atoms with Gasteiger partial charge in [0.15, 0.2) is 5.82 Å². The maximum atomic E-state index is 12.3. The van der Waals surface area contributed by atoms with Crippen LogP contribution in [0.25, 0.3) is 0 Å². The number of rotatable bonds is 6. The molecule has 0 atom stereocenters. The Bertz CT molecular complexity index is 968. The minimum absolute atomic E-state index is 0.246. The molecular weight excluding hydrogens is 366 g/mol. The van der Waals surface area contributed by atoms with Gasteiger partial charge in [-0.25, -0.2) is 0 Å². The van der Waals surface area contributed by atoms with Gasteiger partial charge in [0.05, 0.1) is 0 Å². The number of aryl methyl sites for hydroxylation is 1. The van der Waals surface area contributed by atoms with Gasteiger partial charge < -0.3 is 15.2 Å². The van der Waals surface area contributed by atoms with Crippen molar-refractivity contribution < 1.29 is 14.1 Å². The van der Waals surface area contributed by atoms with Crippen molar-refractivity contribution in [3.63, 3.8) is 0 Å². The first-order valence-electron chi connectivity index (χ1n) is 8.38. The zero-order chi connectivity index (χ0) is 19.2. The topological polar surface area (TPSA) is 84.2 Å². The predicted molar refractivity (Wildman–Crippen MR) is 103 cm³/mol. The number of hydrogen-bond donors (Lipinski definition) is 2. The average Bonchev–Trinajstić information content (AvgIpc) is 3.06. The van der Waals surface area contributed by atoms with Crippen LogP contribution in [0.2, 0.25) is 5.02 Å². The molecule has 2 amide bonds. The Hall–Kier alpha value is -3.12. The summed E-state index contributed by atoms with van der Waals surface area (Å²) in [5, 5.41) is 9.86.